The number of nitrogens with zero attached hydrogens (tertiary/aromatic N) is 2. The average Bonchev–Trinajstić information content (AvgIpc) is 2.28. The molecular weight excluding hydrogens is 162 g/mol. The van der Waals surface area contributed by atoms with E-state index in [1.54, 1.807) is 10.9 Å². The molecule has 4 heteroatoms. The fourth-order valence-corrected chi connectivity index (χ4v) is 0.897. The van der Waals surface area contributed by atoms with Gasteiger partial charge in [-0.05, 0) is 6.42 Å². The summed E-state index contributed by atoms with van der Waals surface area (Å²) in [7, 11) is 0. The maximum atomic E-state index is 5.63. The molecule has 0 unspecified atom stereocenters. The number of hydrogen-bond donors (Lipinski definition) is 1. The van der Waals surface area contributed by atoms with Gasteiger partial charge in [-0.1, -0.05) is 17.7 Å². The maximum absolute atomic E-state index is 5.63. The monoisotopic (exact) mass is 171 g/mol. The lowest BCUT2D eigenvalue weighted by atomic mass is 10.4. The van der Waals surface area contributed by atoms with Gasteiger partial charge in [0.05, 0.1) is 5.69 Å². The molecule has 0 aliphatic heterocycles. The summed E-state index contributed by atoms with van der Waals surface area (Å²) in [6, 6.07) is 0. The van der Waals surface area contributed by atoms with Crippen molar-refractivity contribution in [3.8, 4) is 0 Å². The molecule has 1 heterocycles. The Labute approximate surface area is 70.5 Å². The minimum Gasteiger partial charge on any atom is -0.395 e. The first-order chi connectivity index (χ1) is 5.24. The van der Waals surface area contributed by atoms with Crippen molar-refractivity contribution in [2.24, 2.45) is 0 Å². The molecule has 0 aliphatic carbocycles. The number of halogens is 1. The molecule has 1 rings (SSSR count). The second-order valence-corrected chi connectivity index (χ2v) is 2.57. The molecule has 11 heavy (non-hydrogen) atoms. The zero-order valence-corrected chi connectivity index (χ0v) is 6.88. The molecule has 3 nitrogen and oxygen atoms in total. The van der Waals surface area contributed by atoms with Crippen LogP contribution in [0.2, 0.25) is 5.15 Å². The van der Waals surface area contributed by atoms with Crippen LogP contribution in [-0.2, 0) is 6.54 Å². The van der Waals surface area contributed by atoms with E-state index in [0.717, 1.165) is 13.0 Å². The van der Waals surface area contributed by atoms with Crippen LogP contribution in [0.5, 0.6) is 0 Å². The van der Waals surface area contributed by atoms with Crippen LogP contribution in [0.15, 0.2) is 18.9 Å². The van der Waals surface area contributed by atoms with E-state index in [4.69, 9.17) is 17.3 Å². The lowest BCUT2D eigenvalue weighted by Gasteiger charge is -1.94. The van der Waals surface area contributed by atoms with Crippen molar-refractivity contribution in [3.05, 3.63) is 24.0 Å². The van der Waals surface area contributed by atoms with E-state index in [9.17, 15) is 0 Å². The van der Waals surface area contributed by atoms with Gasteiger partial charge in [-0.3, -0.25) is 4.68 Å². The number of nitrogen functional groups attached to an aromatic ring is 1. The van der Waals surface area contributed by atoms with Crippen LogP contribution in [0.1, 0.15) is 6.42 Å². The smallest absolute Gasteiger partial charge is 0.173 e. The minimum atomic E-state index is 0.370. The summed E-state index contributed by atoms with van der Waals surface area (Å²) in [6.07, 6.45) is 4.41. The molecule has 2 N–H and O–H groups in total. The van der Waals surface area contributed by atoms with Gasteiger partial charge in [0.25, 0.3) is 0 Å². The lowest BCUT2D eigenvalue weighted by molar-refractivity contribution is 0.624. The SMILES string of the molecule is C=CCCn1cc(N)c(Cl)n1. The van der Waals surface area contributed by atoms with Gasteiger partial charge in [0.1, 0.15) is 0 Å². The number of aromatic nitrogens is 2. The third-order valence-electron chi connectivity index (χ3n) is 1.30. The zero-order chi connectivity index (χ0) is 8.27. The van der Waals surface area contributed by atoms with Crippen LogP contribution in [0, 0.1) is 0 Å². The van der Waals surface area contributed by atoms with Crippen LogP contribution in [-0.4, -0.2) is 9.78 Å². The number of rotatable bonds is 3. The summed E-state index contributed by atoms with van der Waals surface area (Å²) >= 11 is 5.63. The van der Waals surface area contributed by atoms with Crippen LogP contribution in [0.4, 0.5) is 5.69 Å². The summed E-state index contributed by atoms with van der Waals surface area (Å²) in [5, 5.41) is 4.33. The van der Waals surface area contributed by atoms with E-state index >= 15 is 0 Å². The van der Waals surface area contributed by atoms with E-state index in [2.05, 4.69) is 11.7 Å². The lowest BCUT2D eigenvalue weighted by Crippen LogP contribution is -1.96. The van der Waals surface area contributed by atoms with Crippen molar-refractivity contribution in [1.82, 2.24) is 9.78 Å². The summed E-state index contributed by atoms with van der Waals surface area (Å²) in [6.45, 7) is 4.38. The fraction of sp³-hybridized carbons (Fsp3) is 0.286. The number of hydrogen-bond acceptors (Lipinski definition) is 2. The summed E-state index contributed by atoms with van der Waals surface area (Å²) in [5.41, 5.74) is 6.00. The third-order valence-corrected chi connectivity index (χ3v) is 1.60. The highest BCUT2D eigenvalue weighted by Crippen LogP contribution is 2.14. The van der Waals surface area contributed by atoms with Crippen molar-refractivity contribution < 1.29 is 0 Å². The van der Waals surface area contributed by atoms with E-state index in [1.165, 1.54) is 0 Å². The standard InChI is InChI=1S/C7H10ClN3/c1-2-3-4-11-5-6(9)7(8)10-11/h2,5H,1,3-4,9H2. The van der Waals surface area contributed by atoms with Crippen molar-refractivity contribution in [2.75, 3.05) is 5.73 Å². The molecule has 0 spiro atoms. The van der Waals surface area contributed by atoms with Crippen LogP contribution in [0.25, 0.3) is 0 Å². The Morgan fingerprint density at radius 3 is 3.00 bits per heavy atom. The summed E-state index contributed by atoms with van der Waals surface area (Å²) < 4.78 is 1.71. The van der Waals surface area contributed by atoms with E-state index < -0.39 is 0 Å². The minimum absolute atomic E-state index is 0.370. The van der Waals surface area contributed by atoms with E-state index in [-0.39, 0.29) is 0 Å². The van der Waals surface area contributed by atoms with Crippen LogP contribution >= 0.6 is 11.6 Å². The molecule has 0 radical (unpaired) electrons. The van der Waals surface area contributed by atoms with Crippen LogP contribution in [0.3, 0.4) is 0 Å². The Balaban J connectivity index is 2.64. The third kappa shape index (κ3) is 1.98. The largest absolute Gasteiger partial charge is 0.395 e. The number of aryl methyl sites for hydroxylation is 1. The first kappa shape index (κ1) is 8.14. The number of allylic oxidation sites excluding steroid dienone is 1. The number of anilines is 1. The van der Waals surface area contributed by atoms with E-state index in [1.807, 2.05) is 6.08 Å². The normalized spacial score (nSPS) is 9.91. The molecule has 0 atom stereocenters. The molecule has 0 bridgehead atoms. The van der Waals surface area contributed by atoms with Gasteiger partial charge in [-0.2, -0.15) is 5.10 Å². The molecule has 0 saturated heterocycles. The summed E-state index contributed by atoms with van der Waals surface area (Å²) in [4.78, 5) is 0. The average molecular weight is 172 g/mol. The van der Waals surface area contributed by atoms with Gasteiger partial charge in [-0.15, -0.1) is 6.58 Å². The summed E-state index contributed by atoms with van der Waals surface area (Å²) in [5.74, 6) is 0. The quantitative estimate of drug-likeness (QED) is 0.704. The highest BCUT2D eigenvalue weighted by molar-refractivity contribution is 6.31. The predicted molar refractivity (Wildman–Crippen MR) is 46.5 cm³/mol. The van der Waals surface area contributed by atoms with Crippen molar-refractivity contribution in [3.63, 3.8) is 0 Å². The second kappa shape index (κ2) is 3.44. The molecular formula is C7H10ClN3. The topological polar surface area (TPSA) is 43.8 Å². The molecule has 0 saturated carbocycles. The Morgan fingerprint density at radius 2 is 2.55 bits per heavy atom. The molecule has 60 valence electrons. The van der Waals surface area contributed by atoms with Crippen LogP contribution < -0.4 is 5.73 Å². The Bertz CT molecular complexity index is 235. The van der Waals surface area contributed by atoms with Crippen molar-refractivity contribution in [2.45, 2.75) is 13.0 Å². The zero-order valence-electron chi connectivity index (χ0n) is 6.13. The molecule has 0 amide bonds. The first-order valence-corrected chi connectivity index (χ1v) is 3.71. The van der Waals surface area contributed by atoms with Gasteiger partial charge >= 0.3 is 0 Å². The van der Waals surface area contributed by atoms with Gasteiger partial charge < -0.3 is 5.73 Å². The number of nitrogens with two attached hydrogens (primary N) is 1. The van der Waals surface area contributed by atoms with E-state index in [0.29, 0.717) is 10.8 Å². The predicted octanol–water partition coefficient (Wildman–Crippen LogP) is 1.69. The molecule has 1 aromatic rings. The molecule has 1 aromatic heterocycles. The first-order valence-electron chi connectivity index (χ1n) is 3.33. The molecule has 0 fully saturated rings. The van der Waals surface area contributed by atoms with Gasteiger partial charge in [0.15, 0.2) is 5.15 Å². The molecule has 0 aliphatic rings. The fourth-order valence-electron chi connectivity index (χ4n) is 0.751. The Morgan fingerprint density at radius 1 is 1.82 bits per heavy atom. The maximum Gasteiger partial charge on any atom is 0.173 e. The van der Waals surface area contributed by atoms with Gasteiger partial charge in [0, 0.05) is 12.7 Å². The Kier molecular flexibility index (Phi) is 2.54. The highest BCUT2D eigenvalue weighted by atomic mass is 35.5. The van der Waals surface area contributed by atoms with Gasteiger partial charge in [0.2, 0.25) is 0 Å². The Hall–Kier alpha value is -0.960. The molecule has 0 aromatic carbocycles. The van der Waals surface area contributed by atoms with Crippen molar-refractivity contribution in [1.29, 1.82) is 0 Å². The highest BCUT2D eigenvalue weighted by Gasteiger charge is 2.00. The van der Waals surface area contributed by atoms with Crippen molar-refractivity contribution >= 4 is 17.3 Å². The van der Waals surface area contributed by atoms with Gasteiger partial charge in [-0.25, -0.2) is 0 Å². The second-order valence-electron chi connectivity index (χ2n) is 2.22.